The summed E-state index contributed by atoms with van der Waals surface area (Å²) in [4.78, 5) is 43.8. The van der Waals surface area contributed by atoms with Gasteiger partial charge >= 0.3 is 12.1 Å². The number of carbonyl (C=O) groups is 3. The van der Waals surface area contributed by atoms with Gasteiger partial charge in [-0.05, 0) is 67.6 Å². The molecule has 0 bridgehead atoms. The molecule has 2 aliphatic rings. The molecular formula is C33H36ClN3O7S. The Kier molecular flexibility index (Phi) is 9.14. The third kappa shape index (κ3) is 7.59. The van der Waals surface area contributed by atoms with Crippen molar-refractivity contribution in [1.29, 1.82) is 0 Å². The standard InChI is InChI=1S/C33H36ClN3O7S/c1-33(2,3)44-32(40)37-18-23-17-26(34)28(25-13-14-36(20-37)29(23)25)30(38)35-27(31(39)43-19-21-9-6-5-7-10-21)16-22-11-8-12-24(15-22)45(4,41)42/h5-12,15,17,27H,13-14,16,18-20H2,1-4H3,(H,35,38)/t27-/m0/s1. The Hall–Kier alpha value is -4.09. The highest BCUT2D eigenvalue weighted by Gasteiger charge is 2.37. The van der Waals surface area contributed by atoms with E-state index in [-0.39, 0.29) is 35.1 Å². The number of anilines is 1. The highest BCUT2D eigenvalue weighted by atomic mass is 35.5. The van der Waals surface area contributed by atoms with Crippen LogP contribution >= 0.6 is 11.6 Å². The van der Waals surface area contributed by atoms with E-state index in [1.54, 1.807) is 23.1 Å². The summed E-state index contributed by atoms with van der Waals surface area (Å²) in [5.74, 6) is -1.22. The molecular weight excluding hydrogens is 618 g/mol. The molecule has 45 heavy (non-hydrogen) atoms. The predicted octanol–water partition coefficient (Wildman–Crippen LogP) is 4.90. The molecule has 3 aromatic rings. The van der Waals surface area contributed by atoms with Crippen LogP contribution in [0.15, 0.2) is 65.6 Å². The number of nitrogens with one attached hydrogen (secondary N) is 1. The van der Waals surface area contributed by atoms with Gasteiger partial charge in [0, 0.05) is 24.9 Å². The highest BCUT2D eigenvalue weighted by molar-refractivity contribution is 7.90. The third-order valence-electron chi connectivity index (χ3n) is 7.54. The van der Waals surface area contributed by atoms with Crippen molar-refractivity contribution in [3.05, 3.63) is 93.5 Å². The Morgan fingerprint density at radius 2 is 1.73 bits per heavy atom. The third-order valence-corrected chi connectivity index (χ3v) is 8.95. The van der Waals surface area contributed by atoms with Gasteiger partial charge in [-0.1, -0.05) is 54.1 Å². The van der Waals surface area contributed by atoms with E-state index in [0.717, 1.165) is 28.6 Å². The molecule has 0 aromatic heterocycles. The van der Waals surface area contributed by atoms with Gasteiger partial charge in [0.05, 0.1) is 28.7 Å². The molecule has 0 radical (unpaired) electrons. The van der Waals surface area contributed by atoms with Gasteiger partial charge in [-0.15, -0.1) is 0 Å². The minimum atomic E-state index is -3.49. The fourth-order valence-electron chi connectivity index (χ4n) is 5.56. The fraction of sp³-hybridized carbons (Fsp3) is 0.364. The van der Waals surface area contributed by atoms with E-state index in [9.17, 15) is 22.8 Å². The summed E-state index contributed by atoms with van der Waals surface area (Å²) < 4.78 is 35.5. The fourth-order valence-corrected chi connectivity index (χ4v) is 6.58. The number of rotatable bonds is 8. The molecule has 1 atom stereocenters. The molecule has 10 nitrogen and oxygen atoms in total. The molecule has 0 saturated carbocycles. The van der Waals surface area contributed by atoms with Gasteiger partial charge in [-0.25, -0.2) is 18.0 Å². The monoisotopic (exact) mass is 653 g/mol. The zero-order valence-electron chi connectivity index (χ0n) is 25.6. The lowest BCUT2D eigenvalue weighted by Gasteiger charge is -2.37. The summed E-state index contributed by atoms with van der Waals surface area (Å²) in [7, 11) is -3.49. The Morgan fingerprint density at radius 3 is 2.42 bits per heavy atom. The van der Waals surface area contributed by atoms with Crippen LogP contribution in [0.2, 0.25) is 5.02 Å². The second-order valence-electron chi connectivity index (χ2n) is 12.3. The first-order chi connectivity index (χ1) is 21.2. The van der Waals surface area contributed by atoms with Crippen molar-refractivity contribution in [1.82, 2.24) is 10.2 Å². The molecule has 238 valence electrons. The van der Waals surface area contributed by atoms with Crippen LogP contribution in [-0.2, 0) is 50.1 Å². The first-order valence-electron chi connectivity index (χ1n) is 14.6. The minimum Gasteiger partial charge on any atom is -0.459 e. The Bertz CT molecular complexity index is 1740. The van der Waals surface area contributed by atoms with Crippen LogP contribution in [0.3, 0.4) is 0 Å². The van der Waals surface area contributed by atoms with Crippen LogP contribution < -0.4 is 10.2 Å². The maximum absolute atomic E-state index is 13.9. The molecule has 2 amide bonds. The number of carbonyl (C=O) groups excluding carboxylic acids is 3. The van der Waals surface area contributed by atoms with Gasteiger partial charge in [0.15, 0.2) is 9.84 Å². The van der Waals surface area contributed by atoms with Crippen molar-refractivity contribution >= 4 is 45.1 Å². The zero-order valence-corrected chi connectivity index (χ0v) is 27.2. The van der Waals surface area contributed by atoms with Crippen molar-refractivity contribution in [2.45, 2.75) is 63.3 Å². The van der Waals surface area contributed by atoms with E-state index >= 15 is 0 Å². The SMILES string of the molecule is CC(C)(C)OC(=O)N1Cc2cc(Cl)c(C(=O)N[C@@H](Cc3cccc(S(C)(=O)=O)c3)C(=O)OCc3ccccc3)c3c2N(CC3)C1. The highest BCUT2D eigenvalue weighted by Crippen LogP contribution is 2.41. The summed E-state index contributed by atoms with van der Waals surface area (Å²) >= 11 is 6.73. The van der Waals surface area contributed by atoms with Crippen molar-refractivity contribution in [2.75, 3.05) is 24.4 Å². The van der Waals surface area contributed by atoms with Gasteiger partial charge in [0.2, 0.25) is 0 Å². The number of benzene rings is 3. The molecule has 0 fully saturated rings. The van der Waals surface area contributed by atoms with E-state index in [2.05, 4.69) is 5.32 Å². The van der Waals surface area contributed by atoms with Crippen molar-refractivity contribution in [2.24, 2.45) is 0 Å². The smallest absolute Gasteiger partial charge is 0.412 e. The molecule has 0 saturated heterocycles. The van der Waals surface area contributed by atoms with Crippen LogP contribution in [-0.4, -0.2) is 62.4 Å². The molecule has 2 aliphatic heterocycles. The Morgan fingerprint density at radius 1 is 1.02 bits per heavy atom. The van der Waals surface area contributed by atoms with Crippen LogP contribution in [0.25, 0.3) is 0 Å². The number of hydrogen-bond acceptors (Lipinski definition) is 8. The molecule has 1 N–H and O–H groups in total. The van der Waals surface area contributed by atoms with Gasteiger partial charge in [0.25, 0.3) is 5.91 Å². The van der Waals surface area contributed by atoms with Crippen molar-refractivity contribution in [3.8, 4) is 0 Å². The Balaban J connectivity index is 1.41. The molecule has 0 spiro atoms. The second kappa shape index (κ2) is 12.7. The van der Waals surface area contributed by atoms with E-state index in [1.807, 2.05) is 56.0 Å². The van der Waals surface area contributed by atoms with Gasteiger partial charge in [-0.3, -0.25) is 9.69 Å². The average molecular weight is 654 g/mol. The number of esters is 1. The number of ether oxygens (including phenoxy) is 2. The zero-order chi connectivity index (χ0) is 32.5. The first kappa shape index (κ1) is 32.3. The average Bonchev–Trinajstić information content (AvgIpc) is 3.39. The van der Waals surface area contributed by atoms with E-state index in [4.69, 9.17) is 21.1 Å². The summed E-state index contributed by atoms with van der Waals surface area (Å²) in [6, 6.07) is 16.0. The lowest BCUT2D eigenvalue weighted by Crippen LogP contribution is -2.46. The minimum absolute atomic E-state index is 0.00239. The number of nitrogens with zero attached hydrogens (tertiary/aromatic N) is 2. The lowest BCUT2D eigenvalue weighted by molar-refractivity contribution is -0.147. The molecule has 12 heteroatoms. The summed E-state index contributed by atoms with van der Waals surface area (Å²) in [6.07, 6.45) is 1.19. The normalized spacial score (nSPS) is 14.9. The maximum atomic E-state index is 13.9. The molecule has 0 aliphatic carbocycles. The van der Waals surface area contributed by atoms with Crippen molar-refractivity contribution < 1.29 is 32.3 Å². The molecule has 3 aromatic carbocycles. The van der Waals surface area contributed by atoms with Crippen molar-refractivity contribution in [3.63, 3.8) is 0 Å². The van der Waals surface area contributed by atoms with E-state index in [1.165, 1.54) is 12.1 Å². The second-order valence-corrected chi connectivity index (χ2v) is 14.7. The summed E-state index contributed by atoms with van der Waals surface area (Å²) in [5.41, 5.74) is 3.34. The first-order valence-corrected chi connectivity index (χ1v) is 16.8. The molecule has 0 unspecified atom stereocenters. The quantitative estimate of drug-likeness (QED) is 0.341. The molecule has 2 heterocycles. The van der Waals surface area contributed by atoms with Crippen LogP contribution in [0, 0.1) is 0 Å². The van der Waals surface area contributed by atoms with E-state index < -0.39 is 39.4 Å². The van der Waals surface area contributed by atoms with Gasteiger partial charge < -0.3 is 19.7 Å². The maximum Gasteiger partial charge on any atom is 0.412 e. The number of halogens is 1. The van der Waals surface area contributed by atoms with Crippen LogP contribution in [0.4, 0.5) is 10.5 Å². The predicted molar refractivity (Wildman–Crippen MR) is 170 cm³/mol. The summed E-state index contributed by atoms with van der Waals surface area (Å²) in [5, 5.41) is 3.02. The Labute approximate surface area is 268 Å². The summed E-state index contributed by atoms with van der Waals surface area (Å²) in [6.45, 7) is 6.60. The molecule has 5 rings (SSSR count). The lowest BCUT2D eigenvalue weighted by atomic mass is 9.98. The largest absolute Gasteiger partial charge is 0.459 e. The number of amides is 2. The number of sulfone groups is 1. The number of hydrogen-bond donors (Lipinski definition) is 1. The van der Waals surface area contributed by atoms with E-state index in [0.29, 0.717) is 25.2 Å². The van der Waals surface area contributed by atoms with Crippen LogP contribution in [0.1, 0.15) is 53.4 Å². The van der Waals surface area contributed by atoms with Gasteiger partial charge in [-0.2, -0.15) is 0 Å². The topological polar surface area (TPSA) is 122 Å². The van der Waals surface area contributed by atoms with Crippen LogP contribution in [0.5, 0.6) is 0 Å². The van der Waals surface area contributed by atoms with Gasteiger partial charge in [0.1, 0.15) is 18.2 Å².